The van der Waals surface area contributed by atoms with Crippen molar-refractivity contribution in [3.63, 3.8) is 0 Å². The summed E-state index contributed by atoms with van der Waals surface area (Å²) in [5.41, 5.74) is -1.44. The van der Waals surface area contributed by atoms with Gasteiger partial charge in [0.25, 0.3) is 5.56 Å². The number of H-pyrrole nitrogens is 1. The Labute approximate surface area is 75.8 Å². The van der Waals surface area contributed by atoms with Crippen LogP contribution in [0.3, 0.4) is 0 Å². The Bertz CT molecular complexity index is 339. The number of hydrogen-bond acceptors (Lipinski definition) is 3. The summed E-state index contributed by atoms with van der Waals surface area (Å²) >= 11 is 0.478. The molecular weight excluding hydrogens is 204 g/mol. The summed E-state index contributed by atoms with van der Waals surface area (Å²) in [6.07, 6.45) is 1.17. The van der Waals surface area contributed by atoms with Gasteiger partial charge >= 0.3 is 6.98 Å². The predicted molar refractivity (Wildman–Crippen MR) is 44.7 cm³/mol. The van der Waals surface area contributed by atoms with Crippen LogP contribution in [0, 0.1) is 0 Å². The van der Waals surface area contributed by atoms with Crippen LogP contribution in [-0.4, -0.2) is 22.6 Å². The minimum absolute atomic E-state index is 0.00769. The number of halogens is 3. The van der Waals surface area contributed by atoms with Crippen LogP contribution in [0.15, 0.2) is 22.2 Å². The zero-order chi connectivity index (χ0) is 9.90. The number of nitrogens with one attached hydrogen (secondary N) is 1. The lowest BCUT2D eigenvalue weighted by atomic mass is 9.98. The molecule has 1 heterocycles. The van der Waals surface area contributed by atoms with Crippen molar-refractivity contribution in [3.05, 3.63) is 22.6 Å². The molecule has 13 heavy (non-hydrogen) atoms. The van der Waals surface area contributed by atoms with E-state index in [4.69, 9.17) is 0 Å². The predicted octanol–water partition coefficient (Wildman–Crippen LogP) is 1.25. The monoisotopic (exact) mass is 209 g/mol. The van der Waals surface area contributed by atoms with E-state index in [9.17, 15) is 17.7 Å². The topological polar surface area (TPSA) is 45.8 Å². The van der Waals surface area contributed by atoms with Gasteiger partial charge in [-0.1, -0.05) is 0 Å². The molecule has 0 unspecified atom stereocenters. The Morgan fingerprint density at radius 2 is 2.23 bits per heavy atom. The molecule has 0 bridgehead atoms. The fourth-order valence-electron chi connectivity index (χ4n) is 0.599. The standard InChI is InChI=1S/C5H5BF3N2OS/c7-6(8,9)3-13-5-10-2-1-4(12)11-5/h1-2H,3H2,(H,10,11,12)/q-1. The number of rotatable bonds is 3. The van der Waals surface area contributed by atoms with E-state index in [1.54, 1.807) is 0 Å². The first-order valence-electron chi connectivity index (χ1n) is 3.36. The highest BCUT2D eigenvalue weighted by molar-refractivity contribution is 8.00. The van der Waals surface area contributed by atoms with Crippen molar-refractivity contribution in [2.45, 2.75) is 5.16 Å². The summed E-state index contributed by atoms with van der Waals surface area (Å²) in [4.78, 5) is 16.4. The van der Waals surface area contributed by atoms with Crippen molar-refractivity contribution in [2.75, 3.05) is 5.65 Å². The van der Waals surface area contributed by atoms with E-state index in [2.05, 4.69) is 9.97 Å². The summed E-state index contributed by atoms with van der Waals surface area (Å²) in [7, 11) is 0. The molecule has 0 fully saturated rings. The van der Waals surface area contributed by atoms with Crippen LogP contribution in [0.1, 0.15) is 0 Å². The van der Waals surface area contributed by atoms with Gasteiger partial charge in [-0.2, -0.15) is 0 Å². The van der Waals surface area contributed by atoms with E-state index in [-0.39, 0.29) is 5.16 Å². The summed E-state index contributed by atoms with van der Waals surface area (Å²) in [5.74, 6) is 0. The molecule has 0 aliphatic heterocycles. The Kier molecular flexibility index (Phi) is 3.02. The van der Waals surface area contributed by atoms with Gasteiger partial charge in [-0.15, -0.1) is 11.8 Å². The van der Waals surface area contributed by atoms with Gasteiger partial charge < -0.3 is 17.9 Å². The fraction of sp³-hybridized carbons (Fsp3) is 0.200. The van der Waals surface area contributed by atoms with Gasteiger partial charge in [-0.05, 0) is 5.65 Å². The van der Waals surface area contributed by atoms with Crippen LogP contribution in [0.5, 0.6) is 0 Å². The van der Waals surface area contributed by atoms with E-state index in [1.165, 1.54) is 6.20 Å². The Hall–Kier alpha value is -0.915. The van der Waals surface area contributed by atoms with Crippen molar-refractivity contribution in [2.24, 2.45) is 0 Å². The average Bonchev–Trinajstić information content (AvgIpc) is 2.00. The highest BCUT2D eigenvalue weighted by Crippen LogP contribution is 2.19. The zero-order valence-corrected chi connectivity index (χ0v) is 7.15. The third-order valence-corrected chi connectivity index (χ3v) is 2.08. The lowest BCUT2D eigenvalue weighted by Gasteiger charge is -2.11. The molecular formula is C5H5BF3N2OS-. The number of nitrogens with zero attached hydrogens (tertiary/aromatic N) is 1. The average molecular weight is 209 g/mol. The van der Waals surface area contributed by atoms with Crippen molar-refractivity contribution >= 4 is 18.7 Å². The van der Waals surface area contributed by atoms with Gasteiger partial charge in [0.2, 0.25) is 0 Å². The molecule has 0 radical (unpaired) electrons. The maximum atomic E-state index is 11.8. The second-order valence-corrected chi connectivity index (χ2v) is 3.27. The van der Waals surface area contributed by atoms with Gasteiger partial charge in [0.1, 0.15) is 0 Å². The number of aromatic amines is 1. The molecule has 0 saturated heterocycles. The number of hydrogen-bond donors (Lipinski definition) is 1. The highest BCUT2D eigenvalue weighted by Gasteiger charge is 2.23. The largest absolute Gasteiger partial charge is 0.488 e. The van der Waals surface area contributed by atoms with Crippen molar-refractivity contribution in [3.8, 4) is 0 Å². The second kappa shape index (κ2) is 3.86. The normalized spacial score (nSPS) is 11.6. The number of thioether (sulfide) groups is 1. The smallest absolute Gasteiger partial charge is 0.448 e. The van der Waals surface area contributed by atoms with Crippen molar-refractivity contribution in [1.29, 1.82) is 0 Å². The van der Waals surface area contributed by atoms with E-state index >= 15 is 0 Å². The maximum absolute atomic E-state index is 11.8. The molecule has 1 aromatic rings. The third-order valence-electron chi connectivity index (χ3n) is 1.06. The molecule has 3 nitrogen and oxygen atoms in total. The number of aromatic nitrogens is 2. The molecule has 1 rings (SSSR count). The molecule has 0 aromatic carbocycles. The summed E-state index contributed by atoms with van der Waals surface area (Å²) in [6.45, 7) is -4.84. The van der Waals surface area contributed by atoms with Gasteiger partial charge in [-0.25, -0.2) is 4.98 Å². The molecule has 72 valence electrons. The molecule has 0 aliphatic carbocycles. The molecule has 0 amide bonds. The first-order valence-corrected chi connectivity index (χ1v) is 4.35. The fourth-order valence-corrected chi connectivity index (χ4v) is 1.25. The zero-order valence-electron chi connectivity index (χ0n) is 6.34. The lowest BCUT2D eigenvalue weighted by Crippen LogP contribution is -2.19. The Balaban J connectivity index is 2.60. The highest BCUT2D eigenvalue weighted by atomic mass is 32.2. The lowest BCUT2D eigenvalue weighted by molar-refractivity contribution is 0.485. The Morgan fingerprint density at radius 1 is 1.54 bits per heavy atom. The molecule has 1 N–H and O–H groups in total. The maximum Gasteiger partial charge on any atom is 0.488 e. The minimum atomic E-state index is -4.84. The van der Waals surface area contributed by atoms with Crippen LogP contribution in [0.25, 0.3) is 0 Å². The molecule has 0 atom stereocenters. The van der Waals surface area contributed by atoms with Gasteiger partial charge in [0, 0.05) is 12.3 Å². The van der Waals surface area contributed by atoms with Gasteiger partial charge in [-0.3, -0.25) is 4.79 Å². The van der Waals surface area contributed by atoms with Crippen LogP contribution in [-0.2, 0) is 0 Å². The molecule has 8 heteroatoms. The van der Waals surface area contributed by atoms with Crippen molar-refractivity contribution in [1.82, 2.24) is 9.97 Å². The molecule has 0 aliphatic rings. The van der Waals surface area contributed by atoms with Gasteiger partial charge in [0.15, 0.2) is 5.16 Å². The first kappa shape index (κ1) is 10.2. The van der Waals surface area contributed by atoms with E-state index in [0.717, 1.165) is 6.07 Å². The summed E-state index contributed by atoms with van der Waals surface area (Å²) in [5, 5.41) is -0.00769. The van der Waals surface area contributed by atoms with Crippen LogP contribution < -0.4 is 5.56 Å². The van der Waals surface area contributed by atoms with Crippen LogP contribution >= 0.6 is 11.8 Å². The summed E-state index contributed by atoms with van der Waals surface area (Å²) in [6, 6.07) is 1.14. The van der Waals surface area contributed by atoms with Crippen molar-refractivity contribution < 1.29 is 12.9 Å². The third kappa shape index (κ3) is 4.02. The Morgan fingerprint density at radius 3 is 2.77 bits per heavy atom. The molecule has 0 spiro atoms. The van der Waals surface area contributed by atoms with Crippen LogP contribution in [0.2, 0.25) is 0 Å². The van der Waals surface area contributed by atoms with Gasteiger partial charge in [0.05, 0.1) is 0 Å². The quantitative estimate of drug-likeness (QED) is 0.462. The van der Waals surface area contributed by atoms with E-state index in [0.29, 0.717) is 11.8 Å². The van der Waals surface area contributed by atoms with E-state index < -0.39 is 18.2 Å². The first-order chi connectivity index (χ1) is 5.97. The SMILES string of the molecule is O=c1ccnc(SC[B-](F)(F)F)[nH]1. The minimum Gasteiger partial charge on any atom is -0.448 e. The van der Waals surface area contributed by atoms with Crippen LogP contribution in [0.4, 0.5) is 12.9 Å². The second-order valence-electron chi connectivity index (χ2n) is 2.26. The van der Waals surface area contributed by atoms with E-state index in [1.807, 2.05) is 0 Å². The summed E-state index contributed by atoms with van der Waals surface area (Å²) < 4.78 is 35.3. The molecule has 0 saturated carbocycles. The molecule has 1 aromatic heterocycles.